The Morgan fingerprint density at radius 1 is 0.833 bits per heavy atom. The zero-order valence-electron chi connectivity index (χ0n) is 33.0. The zero-order valence-corrected chi connectivity index (χ0v) is 33.7. The van der Waals surface area contributed by atoms with Crippen molar-refractivity contribution in [1.29, 1.82) is 5.26 Å². The lowest BCUT2D eigenvalue weighted by Crippen LogP contribution is -2.59. The minimum Gasteiger partial charge on any atom is -0.490 e. The molecule has 1 aliphatic carbocycles. The summed E-state index contributed by atoms with van der Waals surface area (Å²) in [5, 5.41) is 17.7. The summed E-state index contributed by atoms with van der Waals surface area (Å²) in [5.41, 5.74) is 6.08. The van der Waals surface area contributed by atoms with Crippen LogP contribution in [0, 0.1) is 23.1 Å². The molecule has 0 spiro atoms. The smallest absolute Gasteiger partial charge is 0.269 e. The molecule has 2 bridgehead atoms. The highest BCUT2D eigenvalue weighted by Gasteiger charge is 2.49. The standard InChI is InChI=1S/C43H45ClFN9O6/c44-33-17-30(6-1-25(33)20-46)60-29-7-4-26(5-8-29)53-39(55)12-10-36(43(53)59)54-41(57)31-18-34(45)37(19-32(31)42(54)58)50-15-13-24(14-16-50)21-52-27-2-3-28(52)23-51(22-27)38-11-9-35(40(47)56)48-49-38/h1,6,9,11,17-19,24,26-29,36H,2-5,7-8,10,12-16,21-23H2,(H2,47,56)/t26?,27-,28-,29?,36-/m1/s1. The Balaban J connectivity index is 0.805. The molecule has 0 radical (unpaired) electrons. The van der Waals surface area contributed by atoms with Gasteiger partial charge in [-0.3, -0.25) is 38.7 Å². The van der Waals surface area contributed by atoms with Crippen LogP contribution in [0.25, 0.3) is 0 Å². The summed E-state index contributed by atoms with van der Waals surface area (Å²) in [5.74, 6) is -1.83. The van der Waals surface area contributed by atoms with Gasteiger partial charge in [-0.25, -0.2) is 4.39 Å². The summed E-state index contributed by atoms with van der Waals surface area (Å²) < 4.78 is 21.9. The predicted octanol–water partition coefficient (Wildman–Crippen LogP) is 4.31. The first kappa shape index (κ1) is 39.8. The second kappa shape index (κ2) is 16.1. The van der Waals surface area contributed by atoms with Gasteiger partial charge in [0.05, 0.1) is 33.5 Å². The van der Waals surface area contributed by atoms with Gasteiger partial charge >= 0.3 is 0 Å². The van der Waals surface area contributed by atoms with Gasteiger partial charge in [0.25, 0.3) is 23.6 Å². The van der Waals surface area contributed by atoms with Crippen molar-refractivity contribution in [3.05, 3.63) is 75.7 Å². The molecule has 17 heteroatoms. The summed E-state index contributed by atoms with van der Waals surface area (Å²) in [6, 6.07) is 12.0. The normalized spacial score (nSPS) is 26.1. The molecule has 3 atom stereocenters. The number of hydrogen-bond donors (Lipinski definition) is 1. The maximum Gasteiger partial charge on any atom is 0.269 e. The van der Waals surface area contributed by atoms with Gasteiger partial charge in [-0.2, -0.15) is 5.26 Å². The summed E-state index contributed by atoms with van der Waals surface area (Å²) in [7, 11) is 0. The molecule has 4 saturated heterocycles. The monoisotopic (exact) mass is 837 g/mol. The van der Waals surface area contributed by atoms with Crippen LogP contribution in [-0.2, 0) is 9.59 Å². The van der Waals surface area contributed by atoms with Crippen LogP contribution in [0.1, 0.15) is 101 Å². The van der Waals surface area contributed by atoms with Gasteiger partial charge < -0.3 is 20.3 Å². The fraction of sp³-hybridized carbons (Fsp3) is 0.488. The number of rotatable bonds is 9. The third-order valence-electron chi connectivity index (χ3n) is 13.4. The van der Waals surface area contributed by atoms with E-state index >= 15 is 4.39 Å². The molecule has 6 aliphatic rings. The molecular formula is C43H45ClFN9O6. The van der Waals surface area contributed by atoms with Crippen LogP contribution >= 0.6 is 11.6 Å². The number of amides is 5. The molecule has 9 rings (SSSR count). The number of nitrogens with zero attached hydrogens (tertiary/aromatic N) is 8. The van der Waals surface area contributed by atoms with Crippen LogP contribution in [-0.4, -0.2) is 117 Å². The minimum atomic E-state index is -1.17. The molecule has 5 aliphatic heterocycles. The van der Waals surface area contributed by atoms with Crippen molar-refractivity contribution in [3.63, 3.8) is 0 Å². The topological polar surface area (TPSA) is 186 Å². The molecule has 5 fully saturated rings. The van der Waals surface area contributed by atoms with E-state index in [0.717, 1.165) is 62.1 Å². The molecule has 0 unspecified atom stereocenters. The van der Waals surface area contributed by atoms with E-state index in [1.54, 1.807) is 30.3 Å². The van der Waals surface area contributed by atoms with Crippen LogP contribution in [0.3, 0.4) is 0 Å². The van der Waals surface area contributed by atoms with Gasteiger partial charge in [0.1, 0.15) is 23.7 Å². The second-order valence-electron chi connectivity index (χ2n) is 16.8. The molecular weight excluding hydrogens is 793 g/mol. The highest BCUT2D eigenvalue weighted by atomic mass is 35.5. The number of nitriles is 1. The third-order valence-corrected chi connectivity index (χ3v) is 13.7. The Morgan fingerprint density at radius 2 is 1.52 bits per heavy atom. The SMILES string of the molecule is N#Cc1ccc(OC2CCC(N3C(=O)CC[C@@H](N4C(=O)c5cc(F)c(N6CCC(CN7[C@@H]8CC[C@@H]7CN(c7ccc(C(N)=O)nn7)C8)CC6)cc5C4=O)C3=O)CC2)cc1Cl. The van der Waals surface area contributed by atoms with E-state index in [1.807, 2.05) is 11.0 Å². The Kier molecular flexibility index (Phi) is 10.7. The van der Waals surface area contributed by atoms with E-state index in [9.17, 15) is 24.0 Å². The van der Waals surface area contributed by atoms with E-state index in [-0.39, 0.29) is 47.4 Å². The molecule has 1 saturated carbocycles. The number of piperidine rings is 2. The number of carbonyl (C=O) groups excluding carboxylic acids is 5. The summed E-state index contributed by atoms with van der Waals surface area (Å²) in [6.07, 6.45) is 5.76. The minimum absolute atomic E-state index is 0.00337. The number of halogens is 2. The van der Waals surface area contributed by atoms with Gasteiger partial charge in [0.15, 0.2) is 11.5 Å². The molecule has 3 aromatic rings. The van der Waals surface area contributed by atoms with Gasteiger partial charge in [0.2, 0.25) is 5.91 Å². The van der Waals surface area contributed by atoms with Gasteiger partial charge in [-0.05, 0) is 100 Å². The van der Waals surface area contributed by atoms with Gasteiger partial charge in [0, 0.05) is 63.3 Å². The first-order valence-electron chi connectivity index (χ1n) is 20.8. The number of fused-ring (bicyclic) bond motifs is 3. The molecule has 15 nitrogen and oxygen atoms in total. The van der Waals surface area contributed by atoms with E-state index in [4.69, 9.17) is 27.3 Å². The molecule has 1 aromatic heterocycles. The number of imide groups is 2. The third kappa shape index (κ3) is 7.31. The number of primary amides is 1. The van der Waals surface area contributed by atoms with Crippen molar-refractivity contribution in [3.8, 4) is 11.8 Å². The van der Waals surface area contributed by atoms with E-state index in [1.165, 1.54) is 11.0 Å². The first-order valence-corrected chi connectivity index (χ1v) is 21.2. The molecule has 6 heterocycles. The number of piperazine rings is 1. The highest BCUT2D eigenvalue weighted by molar-refractivity contribution is 6.31. The summed E-state index contributed by atoms with van der Waals surface area (Å²) in [4.78, 5) is 75.3. The predicted molar refractivity (Wildman–Crippen MR) is 216 cm³/mol. The Labute approximate surface area is 351 Å². The van der Waals surface area contributed by atoms with Crippen LogP contribution in [0.2, 0.25) is 5.02 Å². The fourth-order valence-electron chi connectivity index (χ4n) is 10.2. The average molecular weight is 838 g/mol. The zero-order chi connectivity index (χ0) is 41.8. The second-order valence-corrected chi connectivity index (χ2v) is 17.3. The number of anilines is 2. The largest absolute Gasteiger partial charge is 0.490 e. The van der Waals surface area contributed by atoms with Crippen molar-refractivity contribution < 1.29 is 33.1 Å². The molecule has 5 amide bonds. The number of aromatic nitrogens is 2. The first-order chi connectivity index (χ1) is 29.0. The lowest BCUT2D eigenvalue weighted by Gasteiger charge is -2.44. The van der Waals surface area contributed by atoms with Crippen molar-refractivity contribution in [2.24, 2.45) is 11.7 Å². The van der Waals surface area contributed by atoms with Crippen LogP contribution in [0.4, 0.5) is 15.9 Å². The van der Waals surface area contributed by atoms with Crippen molar-refractivity contribution in [2.75, 3.05) is 42.5 Å². The Morgan fingerprint density at radius 3 is 2.15 bits per heavy atom. The lowest BCUT2D eigenvalue weighted by molar-refractivity contribution is -0.155. The maximum absolute atomic E-state index is 15.9. The molecule has 2 N–H and O–H groups in total. The quantitative estimate of drug-likeness (QED) is 0.302. The van der Waals surface area contributed by atoms with Crippen molar-refractivity contribution in [1.82, 2.24) is 24.9 Å². The van der Waals surface area contributed by atoms with Crippen LogP contribution in [0.15, 0.2) is 42.5 Å². The Hall–Kier alpha value is -5.66. The van der Waals surface area contributed by atoms with Crippen molar-refractivity contribution in [2.45, 2.75) is 94.5 Å². The van der Waals surface area contributed by atoms with Crippen LogP contribution in [0.5, 0.6) is 5.75 Å². The van der Waals surface area contributed by atoms with Gasteiger partial charge in [-0.1, -0.05) is 11.6 Å². The number of likely N-dealkylation sites (tertiary alicyclic amines) is 1. The fourth-order valence-corrected chi connectivity index (χ4v) is 10.4. The molecule has 2 aromatic carbocycles. The lowest BCUT2D eigenvalue weighted by atomic mass is 9.89. The molecule has 312 valence electrons. The number of hydrogen-bond acceptors (Lipinski definition) is 12. The van der Waals surface area contributed by atoms with Crippen molar-refractivity contribution >= 4 is 52.6 Å². The Bertz CT molecular complexity index is 2280. The molecule has 60 heavy (non-hydrogen) atoms. The number of benzene rings is 2. The average Bonchev–Trinajstić information content (AvgIpc) is 3.61. The van der Waals surface area contributed by atoms with E-state index in [0.29, 0.717) is 73.1 Å². The maximum atomic E-state index is 15.9. The number of nitrogens with two attached hydrogens (primary N) is 1. The summed E-state index contributed by atoms with van der Waals surface area (Å²) in [6.45, 7) is 3.77. The van der Waals surface area contributed by atoms with E-state index < -0.39 is 41.5 Å². The van der Waals surface area contributed by atoms with Crippen LogP contribution < -0.4 is 20.3 Å². The number of carbonyl (C=O) groups is 5. The summed E-state index contributed by atoms with van der Waals surface area (Å²) >= 11 is 6.17. The van der Waals surface area contributed by atoms with E-state index in [2.05, 4.69) is 20.0 Å². The number of ether oxygens (including phenoxy) is 1. The van der Waals surface area contributed by atoms with Gasteiger partial charge in [-0.15, -0.1) is 10.2 Å². The highest BCUT2D eigenvalue weighted by Crippen LogP contribution is 2.38.